The van der Waals surface area contributed by atoms with Crippen LogP contribution in [0.15, 0.2) is 12.1 Å². The van der Waals surface area contributed by atoms with E-state index in [-0.39, 0.29) is 30.7 Å². The highest BCUT2D eigenvalue weighted by Crippen LogP contribution is 2.31. The van der Waals surface area contributed by atoms with Crippen LogP contribution in [0, 0.1) is 27.7 Å². The van der Waals surface area contributed by atoms with Crippen LogP contribution in [0.4, 0.5) is 20.2 Å². The number of esters is 1. The number of rotatable bonds is 4. The number of anilines is 1. The second-order valence-corrected chi connectivity index (χ2v) is 5.03. The lowest BCUT2D eigenvalue weighted by atomic mass is 9.96. The molecule has 2 rings (SSSR count). The Bertz CT molecular complexity index is 563. The summed E-state index contributed by atoms with van der Waals surface area (Å²) < 4.78 is 32.8. The third kappa shape index (κ3) is 3.32. The molecule has 0 N–H and O–H groups in total. The van der Waals surface area contributed by atoms with Crippen LogP contribution in [0.5, 0.6) is 0 Å². The van der Waals surface area contributed by atoms with Crippen molar-refractivity contribution in [2.45, 2.75) is 19.8 Å². The normalized spacial score (nSPS) is 15.7. The Balaban J connectivity index is 2.12. The predicted octanol–water partition coefficient (Wildman–Crippen LogP) is 2.65. The van der Waals surface area contributed by atoms with Gasteiger partial charge in [-0.15, -0.1) is 0 Å². The first-order valence-corrected chi connectivity index (χ1v) is 6.99. The first kappa shape index (κ1) is 16.1. The lowest BCUT2D eigenvalue weighted by molar-refractivity contribution is -0.385. The molecule has 0 aliphatic carbocycles. The van der Waals surface area contributed by atoms with Gasteiger partial charge in [0.15, 0.2) is 11.6 Å². The van der Waals surface area contributed by atoms with Gasteiger partial charge in [0, 0.05) is 13.1 Å². The molecular formula is C14H16F2N2O4. The van der Waals surface area contributed by atoms with Crippen molar-refractivity contribution in [3.8, 4) is 0 Å². The topological polar surface area (TPSA) is 72.7 Å². The van der Waals surface area contributed by atoms with Gasteiger partial charge in [-0.05, 0) is 19.8 Å². The van der Waals surface area contributed by atoms with Gasteiger partial charge in [-0.1, -0.05) is 0 Å². The molecule has 0 radical (unpaired) electrons. The molecule has 6 nitrogen and oxygen atoms in total. The number of benzene rings is 1. The number of carbonyl (C=O) groups is 1. The molecule has 0 unspecified atom stereocenters. The van der Waals surface area contributed by atoms with Crippen LogP contribution in [0.25, 0.3) is 0 Å². The molecule has 1 fully saturated rings. The average molecular weight is 314 g/mol. The monoisotopic (exact) mass is 314 g/mol. The molecule has 1 aliphatic rings. The number of nitro groups is 1. The standard InChI is InChI=1S/C14H16F2N2O4/c1-2-22-14(19)9-3-5-17(6-4-9)13-11(15)7-10(18(20)21)8-12(13)16/h7-9H,2-6H2,1H3. The summed E-state index contributed by atoms with van der Waals surface area (Å²) in [6.45, 7) is 2.59. The molecule has 0 atom stereocenters. The number of hydrogen-bond donors (Lipinski definition) is 0. The molecule has 22 heavy (non-hydrogen) atoms. The Labute approximate surface area is 125 Å². The van der Waals surface area contributed by atoms with Crippen LogP contribution in [-0.2, 0) is 9.53 Å². The van der Waals surface area contributed by atoms with Crippen LogP contribution >= 0.6 is 0 Å². The highest BCUT2D eigenvalue weighted by Gasteiger charge is 2.29. The Morgan fingerprint density at radius 1 is 1.36 bits per heavy atom. The summed E-state index contributed by atoms with van der Waals surface area (Å²) in [7, 11) is 0. The van der Waals surface area contributed by atoms with Gasteiger partial charge in [0.1, 0.15) is 5.69 Å². The van der Waals surface area contributed by atoms with E-state index in [0.29, 0.717) is 31.6 Å². The predicted molar refractivity (Wildman–Crippen MR) is 74.6 cm³/mol. The molecule has 1 aromatic carbocycles. The van der Waals surface area contributed by atoms with Gasteiger partial charge in [-0.25, -0.2) is 8.78 Å². The van der Waals surface area contributed by atoms with E-state index in [1.807, 2.05) is 0 Å². The van der Waals surface area contributed by atoms with Crippen molar-refractivity contribution in [2.75, 3.05) is 24.6 Å². The highest BCUT2D eigenvalue weighted by atomic mass is 19.1. The van der Waals surface area contributed by atoms with E-state index in [9.17, 15) is 23.7 Å². The van der Waals surface area contributed by atoms with Crippen LogP contribution in [-0.4, -0.2) is 30.6 Å². The van der Waals surface area contributed by atoms with E-state index in [4.69, 9.17) is 4.74 Å². The minimum atomic E-state index is -0.971. The molecule has 120 valence electrons. The summed E-state index contributed by atoms with van der Waals surface area (Å²) in [5.74, 6) is -2.52. The number of nitrogens with zero attached hydrogens (tertiary/aromatic N) is 2. The van der Waals surface area contributed by atoms with Crippen molar-refractivity contribution in [2.24, 2.45) is 5.92 Å². The highest BCUT2D eigenvalue weighted by molar-refractivity contribution is 5.73. The van der Waals surface area contributed by atoms with Crippen molar-refractivity contribution >= 4 is 17.3 Å². The average Bonchev–Trinajstić information content (AvgIpc) is 2.47. The molecule has 1 aromatic rings. The lowest BCUT2D eigenvalue weighted by Gasteiger charge is -2.32. The van der Waals surface area contributed by atoms with E-state index in [0.717, 1.165) is 0 Å². The molecule has 0 aromatic heterocycles. The third-order valence-electron chi connectivity index (χ3n) is 3.64. The first-order valence-electron chi connectivity index (χ1n) is 6.99. The number of nitro benzene ring substituents is 1. The largest absolute Gasteiger partial charge is 0.466 e. The summed E-state index contributed by atoms with van der Waals surface area (Å²) in [6.07, 6.45) is 0.851. The van der Waals surface area contributed by atoms with E-state index in [2.05, 4.69) is 0 Å². The zero-order valence-electron chi connectivity index (χ0n) is 12.1. The van der Waals surface area contributed by atoms with Crippen molar-refractivity contribution < 1.29 is 23.2 Å². The fourth-order valence-electron chi connectivity index (χ4n) is 2.56. The molecule has 8 heteroatoms. The molecule has 0 amide bonds. The van der Waals surface area contributed by atoms with E-state index >= 15 is 0 Å². The van der Waals surface area contributed by atoms with Crippen molar-refractivity contribution in [3.63, 3.8) is 0 Å². The van der Waals surface area contributed by atoms with E-state index in [1.54, 1.807) is 6.92 Å². The van der Waals surface area contributed by atoms with Crippen LogP contribution < -0.4 is 4.90 Å². The maximum absolute atomic E-state index is 14.0. The second kappa shape index (κ2) is 6.67. The fourth-order valence-corrected chi connectivity index (χ4v) is 2.56. The smallest absolute Gasteiger partial charge is 0.309 e. The number of carbonyl (C=O) groups excluding carboxylic acids is 1. The van der Waals surface area contributed by atoms with E-state index in [1.165, 1.54) is 4.90 Å². The van der Waals surface area contributed by atoms with Gasteiger partial charge in [0.2, 0.25) is 0 Å². The summed E-state index contributed by atoms with van der Waals surface area (Å²) in [4.78, 5) is 22.8. The zero-order chi connectivity index (χ0) is 16.3. The molecule has 1 aliphatic heterocycles. The van der Waals surface area contributed by atoms with Gasteiger partial charge >= 0.3 is 5.97 Å². The molecule has 0 spiro atoms. The molecular weight excluding hydrogens is 298 g/mol. The number of ether oxygens (including phenoxy) is 1. The second-order valence-electron chi connectivity index (χ2n) is 5.03. The maximum Gasteiger partial charge on any atom is 0.309 e. The molecule has 0 bridgehead atoms. The minimum absolute atomic E-state index is 0.277. The van der Waals surface area contributed by atoms with Gasteiger partial charge in [0.05, 0.1) is 29.6 Å². The SMILES string of the molecule is CCOC(=O)C1CCN(c2c(F)cc([N+](=O)[O-])cc2F)CC1. The van der Waals surface area contributed by atoms with Crippen LogP contribution in [0.2, 0.25) is 0 Å². The third-order valence-corrected chi connectivity index (χ3v) is 3.64. The molecule has 0 saturated carbocycles. The number of hydrogen-bond acceptors (Lipinski definition) is 5. The summed E-state index contributed by atoms with van der Waals surface area (Å²) >= 11 is 0. The maximum atomic E-state index is 14.0. The van der Waals surface area contributed by atoms with Gasteiger partial charge in [-0.3, -0.25) is 14.9 Å². The van der Waals surface area contributed by atoms with Crippen LogP contribution in [0.3, 0.4) is 0 Å². The summed E-state index contributed by atoms with van der Waals surface area (Å²) in [5, 5.41) is 10.6. The molecule has 1 heterocycles. The molecule has 1 saturated heterocycles. The van der Waals surface area contributed by atoms with Gasteiger partial charge in [-0.2, -0.15) is 0 Å². The van der Waals surface area contributed by atoms with Crippen LogP contribution in [0.1, 0.15) is 19.8 Å². The first-order chi connectivity index (χ1) is 10.4. The minimum Gasteiger partial charge on any atom is -0.466 e. The van der Waals surface area contributed by atoms with Crippen molar-refractivity contribution in [3.05, 3.63) is 33.9 Å². The summed E-state index contributed by atoms with van der Waals surface area (Å²) in [5.41, 5.74) is -0.909. The van der Waals surface area contributed by atoms with Gasteiger partial charge in [0.25, 0.3) is 5.69 Å². The number of piperidine rings is 1. The Kier molecular flexibility index (Phi) is 4.89. The Hall–Kier alpha value is -2.25. The van der Waals surface area contributed by atoms with E-state index < -0.39 is 22.2 Å². The fraction of sp³-hybridized carbons (Fsp3) is 0.500. The Morgan fingerprint density at radius 2 is 1.91 bits per heavy atom. The number of non-ortho nitro benzene ring substituents is 1. The van der Waals surface area contributed by atoms with Crippen molar-refractivity contribution in [1.29, 1.82) is 0 Å². The van der Waals surface area contributed by atoms with Gasteiger partial charge < -0.3 is 9.64 Å². The quantitative estimate of drug-likeness (QED) is 0.485. The number of halogens is 2. The zero-order valence-corrected chi connectivity index (χ0v) is 12.1. The lowest BCUT2D eigenvalue weighted by Crippen LogP contribution is -2.37. The Morgan fingerprint density at radius 3 is 2.36 bits per heavy atom. The summed E-state index contributed by atoms with van der Waals surface area (Å²) in [6, 6.07) is 1.41. The van der Waals surface area contributed by atoms with Crippen molar-refractivity contribution in [1.82, 2.24) is 0 Å².